The Morgan fingerprint density at radius 1 is 1.25 bits per heavy atom. The van der Waals surface area contributed by atoms with E-state index in [1.165, 1.54) is 18.4 Å². The number of nitrogens with zero attached hydrogens (tertiary/aromatic N) is 4. The molecule has 5 heteroatoms. The van der Waals surface area contributed by atoms with E-state index < -0.39 is 0 Å². The van der Waals surface area contributed by atoms with Gasteiger partial charge in [0.2, 0.25) is 0 Å². The van der Waals surface area contributed by atoms with Gasteiger partial charge in [-0.3, -0.25) is 4.40 Å². The van der Waals surface area contributed by atoms with Crippen LogP contribution in [0, 0.1) is 13.8 Å². The summed E-state index contributed by atoms with van der Waals surface area (Å²) in [5.41, 5.74) is 11.4. The normalized spacial score (nSPS) is 15.1. The lowest BCUT2D eigenvalue weighted by molar-refractivity contribution is 0.746. The molecule has 3 heterocycles. The van der Waals surface area contributed by atoms with Gasteiger partial charge in [0.25, 0.3) is 0 Å². The monoisotopic (exact) mass is 267 g/mol. The third kappa shape index (κ3) is 1.56. The maximum atomic E-state index is 6.33. The molecule has 0 atom stereocenters. The minimum Gasteiger partial charge on any atom is -0.383 e. The summed E-state index contributed by atoms with van der Waals surface area (Å²) in [6.07, 6.45) is 6.18. The predicted octanol–water partition coefficient (Wildman–Crippen LogP) is 2.73. The van der Waals surface area contributed by atoms with Crippen LogP contribution in [0.15, 0.2) is 24.7 Å². The molecule has 1 aliphatic rings. The highest BCUT2D eigenvalue weighted by atomic mass is 15.1. The Bertz CT molecular complexity index is 807. The van der Waals surface area contributed by atoms with Crippen LogP contribution in [0.2, 0.25) is 0 Å². The minimum atomic E-state index is 0.569. The van der Waals surface area contributed by atoms with Crippen LogP contribution in [0.25, 0.3) is 17.0 Å². The third-order valence-electron chi connectivity index (χ3n) is 3.93. The van der Waals surface area contributed by atoms with Gasteiger partial charge >= 0.3 is 0 Å². The van der Waals surface area contributed by atoms with E-state index in [0.717, 1.165) is 22.7 Å². The van der Waals surface area contributed by atoms with Crippen molar-refractivity contribution in [3.8, 4) is 11.4 Å². The number of fused-ring (bicyclic) bond motifs is 1. The molecule has 102 valence electrons. The molecule has 0 spiro atoms. The summed E-state index contributed by atoms with van der Waals surface area (Å²) < 4.78 is 4.20. The number of hydrogen-bond donors (Lipinski definition) is 1. The first-order valence-corrected chi connectivity index (χ1v) is 6.92. The number of anilines is 1. The van der Waals surface area contributed by atoms with Crippen molar-refractivity contribution < 1.29 is 0 Å². The predicted molar refractivity (Wildman–Crippen MR) is 78.6 cm³/mol. The molecule has 0 bridgehead atoms. The van der Waals surface area contributed by atoms with Gasteiger partial charge in [-0.1, -0.05) is 0 Å². The Labute approximate surface area is 117 Å². The number of pyridine rings is 1. The molecule has 0 radical (unpaired) electrons. The van der Waals surface area contributed by atoms with E-state index in [-0.39, 0.29) is 0 Å². The quantitative estimate of drug-likeness (QED) is 0.776. The van der Waals surface area contributed by atoms with E-state index in [0.29, 0.717) is 11.9 Å². The fourth-order valence-corrected chi connectivity index (χ4v) is 2.88. The minimum absolute atomic E-state index is 0.569. The Morgan fingerprint density at radius 3 is 2.80 bits per heavy atom. The van der Waals surface area contributed by atoms with Crippen molar-refractivity contribution in [2.75, 3.05) is 5.73 Å². The summed E-state index contributed by atoms with van der Waals surface area (Å²) in [4.78, 5) is 8.99. The van der Waals surface area contributed by atoms with Gasteiger partial charge in [0.05, 0.1) is 18.2 Å². The van der Waals surface area contributed by atoms with Crippen LogP contribution in [0.1, 0.15) is 30.1 Å². The maximum absolute atomic E-state index is 6.33. The average Bonchev–Trinajstić information content (AvgIpc) is 3.03. The second-order valence-electron chi connectivity index (χ2n) is 5.63. The van der Waals surface area contributed by atoms with Crippen LogP contribution in [0.5, 0.6) is 0 Å². The summed E-state index contributed by atoms with van der Waals surface area (Å²) in [5, 5.41) is 0. The number of nitrogen functional groups attached to an aromatic ring is 1. The van der Waals surface area contributed by atoms with Crippen LogP contribution in [0.3, 0.4) is 0 Å². The van der Waals surface area contributed by atoms with E-state index in [2.05, 4.69) is 35.5 Å². The highest BCUT2D eigenvalue weighted by Crippen LogP contribution is 2.39. The van der Waals surface area contributed by atoms with E-state index in [4.69, 9.17) is 10.7 Å². The van der Waals surface area contributed by atoms with Crippen LogP contribution in [0.4, 0.5) is 5.82 Å². The van der Waals surface area contributed by atoms with Crippen LogP contribution < -0.4 is 5.73 Å². The summed E-state index contributed by atoms with van der Waals surface area (Å²) >= 11 is 0. The molecule has 0 unspecified atom stereocenters. The van der Waals surface area contributed by atoms with Crippen LogP contribution in [-0.2, 0) is 0 Å². The van der Waals surface area contributed by atoms with Gasteiger partial charge in [-0.2, -0.15) is 0 Å². The van der Waals surface area contributed by atoms with Crippen molar-refractivity contribution in [3.63, 3.8) is 0 Å². The zero-order chi connectivity index (χ0) is 13.9. The summed E-state index contributed by atoms with van der Waals surface area (Å²) in [7, 11) is 0. The molecule has 2 N–H and O–H groups in total. The molecule has 3 aromatic rings. The highest BCUT2D eigenvalue weighted by Gasteiger charge is 2.27. The van der Waals surface area contributed by atoms with Crippen molar-refractivity contribution in [2.24, 2.45) is 0 Å². The van der Waals surface area contributed by atoms with Crippen molar-refractivity contribution in [3.05, 3.63) is 35.9 Å². The number of imidazole rings is 2. The highest BCUT2D eigenvalue weighted by molar-refractivity contribution is 5.73. The number of aryl methyl sites for hydroxylation is 2. The Balaban J connectivity index is 1.98. The lowest BCUT2D eigenvalue weighted by atomic mass is 10.2. The second kappa shape index (κ2) is 3.85. The zero-order valence-electron chi connectivity index (χ0n) is 11.7. The molecule has 3 aromatic heterocycles. The molecule has 0 aromatic carbocycles. The van der Waals surface area contributed by atoms with Crippen molar-refractivity contribution >= 4 is 11.5 Å². The Kier molecular flexibility index (Phi) is 2.22. The zero-order valence-corrected chi connectivity index (χ0v) is 11.7. The standard InChI is InChI=1S/C15H17N5/c1-9-5-10(2)20-13(6-9)18-14(15(20)16)12-7-17-8-19(12)11-3-4-11/h5-8,11H,3-4,16H2,1-2H3. The summed E-state index contributed by atoms with van der Waals surface area (Å²) in [6, 6.07) is 4.75. The van der Waals surface area contributed by atoms with E-state index in [9.17, 15) is 0 Å². The largest absolute Gasteiger partial charge is 0.383 e. The van der Waals surface area contributed by atoms with Crippen LogP contribution >= 0.6 is 0 Å². The molecule has 1 fully saturated rings. The first-order valence-electron chi connectivity index (χ1n) is 6.92. The van der Waals surface area contributed by atoms with Crippen molar-refractivity contribution in [1.82, 2.24) is 18.9 Å². The van der Waals surface area contributed by atoms with Gasteiger partial charge in [-0.25, -0.2) is 9.97 Å². The first-order chi connectivity index (χ1) is 9.65. The smallest absolute Gasteiger partial charge is 0.139 e. The summed E-state index contributed by atoms with van der Waals surface area (Å²) in [5.74, 6) is 0.694. The van der Waals surface area contributed by atoms with Gasteiger partial charge in [0.15, 0.2) is 0 Å². The molecule has 1 aliphatic carbocycles. The molecule has 1 saturated carbocycles. The summed E-state index contributed by atoms with van der Waals surface area (Å²) in [6.45, 7) is 4.13. The van der Waals surface area contributed by atoms with E-state index >= 15 is 0 Å². The SMILES string of the molecule is Cc1cc(C)n2c(N)c(-c3cncn3C3CC3)nc2c1. The molecule has 0 amide bonds. The van der Waals surface area contributed by atoms with Gasteiger partial charge < -0.3 is 10.3 Å². The molecule has 4 rings (SSSR count). The molecule has 20 heavy (non-hydrogen) atoms. The fourth-order valence-electron chi connectivity index (χ4n) is 2.88. The van der Waals surface area contributed by atoms with Crippen molar-refractivity contribution in [1.29, 1.82) is 0 Å². The average molecular weight is 267 g/mol. The van der Waals surface area contributed by atoms with E-state index in [1.54, 1.807) is 0 Å². The van der Waals surface area contributed by atoms with Crippen LogP contribution in [-0.4, -0.2) is 18.9 Å². The number of nitrogens with two attached hydrogens (primary N) is 1. The molecule has 0 aliphatic heterocycles. The number of rotatable bonds is 2. The van der Waals surface area contributed by atoms with Gasteiger partial charge in [0, 0.05) is 11.7 Å². The van der Waals surface area contributed by atoms with Gasteiger partial charge in [-0.05, 0) is 44.4 Å². The Hall–Kier alpha value is -2.30. The lowest BCUT2D eigenvalue weighted by Crippen LogP contribution is -2.00. The van der Waals surface area contributed by atoms with E-state index in [1.807, 2.05) is 16.9 Å². The Morgan fingerprint density at radius 2 is 2.05 bits per heavy atom. The molecular weight excluding hydrogens is 250 g/mol. The topological polar surface area (TPSA) is 61.1 Å². The lowest BCUT2D eigenvalue weighted by Gasteiger charge is -2.05. The molecule has 5 nitrogen and oxygen atoms in total. The molecule has 0 saturated heterocycles. The molecular formula is C15H17N5. The number of hydrogen-bond acceptors (Lipinski definition) is 3. The van der Waals surface area contributed by atoms with Gasteiger partial charge in [-0.15, -0.1) is 0 Å². The van der Waals surface area contributed by atoms with Crippen molar-refractivity contribution in [2.45, 2.75) is 32.7 Å². The maximum Gasteiger partial charge on any atom is 0.139 e. The fraction of sp³-hybridized carbons (Fsp3) is 0.333. The second-order valence-corrected chi connectivity index (χ2v) is 5.63. The third-order valence-corrected chi connectivity index (χ3v) is 3.93. The van der Waals surface area contributed by atoms with Gasteiger partial charge in [0.1, 0.15) is 17.2 Å². The number of aromatic nitrogens is 4. The first kappa shape index (κ1) is 11.5.